The zero-order chi connectivity index (χ0) is 17.7. The second kappa shape index (κ2) is 8.68. The first kappa shape index (κ1) is 20.0. The molecule has 0 bridgehead atoms. The van der Waals surface area contributed by atoms with Gasteiger partial charge in [0.05, 0.1) is 17.9 Å². The SMILES string of the molecule is C.C=C/C=C(\C=C)[C@@H](COC(C)=O)Nc1ncnn2cc(N)c(C)c12. The van der Waals surface area contributed by atoms with Crippen molar-refractivity contribution in [3.05, 3.63) is 55.0 Å². The normalized spacial score (nSPS) is 12.2. The number of carbonyl (C=O) groups is 1. The number of aryl methyl sites for hydroxylation is 1. The van der Waals surface area contributed by atoms with E-state index in [4.69, 9.17) is 10.5 Å². The lowest BCUT2D eigenvalue weighted by molar-refractivity contribution is -0.141. The summed E-state index contributed by atoms with van der Waals surface area (Å²) in [5.74, 6) is 0.230. The Balaban J connectivity index is 0.00000312. The Hall–Kier alpha value is -3.09. The molecule has 2 heterocycles. The Morgan fingerprint density at radius 2 is 2.24 bits per heavy atom. The summed E-state index contributed by atoms with van der Waals surface area (Å²) in [5, 5.41) is 7.43. The summed E-state index contributed by atoms with van der Waals surface area (Å²) in [4.78, 5) is 15.5. The van der Waals surface area contributed by atoms with Crippen LogP contribution in [0.25, 0.3) is 5.52 Å². The fraction of sp³-hybridized carbons (Fsp3) is 0.278. The van der Waals surface area contributed by atoms with Crippen LogP contribution in [0.4, 0.5) is 11.5 Å². The lowest BCUT2D eigenvalue weighted by atomic mass is 10.1. The van der Waals surface area contributed by atoms with Crippen molar-refractivity contribution < 1.29 is 9.53 Å². The highest BCUT2D eigenvalue weighted by molar-refractivity contribution is 5.78. The van der Waals surface area contributed by atoms with Gasteiger partial charge in [0.15, 0.2) is 5.82 Å². The van der Waals surface area contributed by atoms with E-state index in [-0.39, 0.29) is 26.0 Å². The Kier molecular flexibility index (Phi) is 6.93. The number of esters is 1. The molecule has 0 fully saturated rings. The van der Waals surface area contributed by atoms with Crippen molar-refractivity contribution in [2.24, 2.45) is 0 Å². The molecule has 0 unspecified atom stereocenters. The monoisotopic (exact) mass is 343 g/mol. The molecule has 0 spiro atoms. The van der Waals surface area contributed by atoms with Crippen LogP contribution in [-0.4, -0.2) is 33.2 Å². The second-order valence-electron chi connectivity index (χ2n) is 5.22. The molecular weight excluding hydrogens is 318 g/mol. The van der Waals surface area contributed by atoms with Crippen molar-refractivity contribution in [1.29, 1.82) is 0 Å². The van der Waals surface area contributed by atoms with Crippen molar-refractivity contribution in [3.8, 4) is 0 Å². The Bertz CT molecular complexity index is 807. The Labute approximate surface area is 147 Å². The highest BCUT2D eigenvalue weighted by Gasteiger charge is 2.18. The molecular formula is C18H25N5O2. The first-order chi connectivity index (χ1) is 11.5. The van der Waals surface area contributed by atoms with Crippen LogP contribution in [0.1, 0.15) is 19.9 Å². The van der Waals surface area contributed by atoms with Gasteiger partial charge in [-0.1, -0.05) is 38.8 Å². The van der Waals surface area contributed by atoms with E-state index in [9.17, 15) is 4.79 Å². The van der Waals surface area contributed by atoms with Gasteiger partial charge in [-0.3, -0.25) is 4.79 Å². The van der Waals surface area contributed by atoms with E-state index in [1.165, 1.54) is 13.3 Å². The molecule has 25 heavy (non-hydrogen) atoms. The fourth-order valence-electron chi connectivity index (χ4n) is 2.33. The number of rotatable bonds is 7. The molecule has 0 aliphatic carbocycles. The van der Waals surface area contributed by atoms with E-state index >= 15 is 0 Å². The standard InChI is InChI=1S/C17H21N5O2.CH4/c1-5-7-13(6-2)15(9-24-12(4)23)21-17-16-11(3)14(18)8-22(16)20-10-19-17;/h5-8,10,15H,1-2,9,18H2,3-4H3,(H,19,20,21);1H4/b13-7+;/t15-;/m1./s1. The first-order valence-corrected chi connectivity index (χ1v) is 7.41. The number of fused-ring (bicyclic) bond motifs is 1. The average Bonchev–Trinajstić information content (AvgIpc) is 2.84. The van der Waals surface area contributed by atoms with Crippen LogP contribution in [0.2, 0.25) is 0 Å². The smallest absolute Gasteiger partial charge is 0.302 e. The molecule has 0 amide bonds. The largest absolute Gasteiger partial charge is 0.463 e. The molecule has 0 radical (unpaired) electrons. The zero-order valence-corrected chi connectivity index (χ0v) is 13.8. The number of hydrogen-bond acceptors (Lipinski definition) is 6. The van der Waals surface area contributed by atoms with Gasteiger partial charge in [-0.15, -0.1) is 0 Å². The second-order valence-corrected chi connectivity index (χ2v) is 5.22. The molecule has 0 aromatic carbocycles. The third-order valence-corrected chi connectivity index (χ3v) is 3.58. The maximum Gasteiger partial charge on any atom is 0.302 e. The number of hydrogen-bond donors (Lipinski definition) is 2. The summed E-state index contributed by atoms with van der Waals surface area (Å²) < 4.78 is 6.81. The maximum atomic E-state index is 11.2. The number of aromatic nitrogens is 3. The number of nitrogens with zero attached hydrogens (tertiary/aromatic N) is 3. The molecule has 0 aliphatic heterocycles. The molecule has 7 nitrogen and oxygen atoms in total. The number of anilines is 2. The molecule has 2 rings (SSSR count). The van der Waals surface area contributed by atoms with Crippen LogP contribution in [0.15, 0.2) is 49.5 Å². The summed E-state index contributed by atoms with van der Waals surface area (Å²) >= 11 is 0. The predicted molar refractivity (Wildman–Crippen MR) is 101 cm³/mol. The molecule has 2 aromatic heterocycles. The van der Waals surface area contributed by atoms with Crippen LogP contribution in [0, 0.1) is 6.92 Å². The molecule has 1 atom stereocenters. The molecule has 134 valence electrons. The summed E-state index contributed by atoms with van der Waals surface area (Å²) in [6, 6.07) is -0.335. The molecule has 0 saturated carbocycles. The van der Waals surface area contributed by atoms with Gasteiger partial charge < -0.3 is 15.8 Å². The van der Waals surface area contributed by atoms with E-state index in [0.29, 0.717) is 11.5 Å². The molecule has 0 aliphatic rings. The zero-order valence-electron chi connectivity index (χ0n) is 13.8. The van der Waals surface area contributed by atoms with Crippen LogP contribution >= 0.6 is 0 Å². The maximum absolute atomic E-state index is 11.2. The number of allylic oxidation sites excluding steroid dienone is 2. The van der Waals surface area contributed by atoms with Gasteiger partial charge in [0.2, 0.25) is 0 Å². The summed E-state index contributed by atoms with van der Waals surface area (Å²) in [6.07, 6.45) is 8.29. The minimum absolute atomic E-state index is 0. The average molecular weight is 343 g/mol. The minimum Gasteiger partial charge on any atom is -0.463 e. The van der Waals surface area contributed by atoms with Crippen LogP contribution < -0.4 is 11.1 Å². The highest BCUT2D eigenvalue weighted by Crippen LogP contribution is 2.25. The summed E-state index contributed by atoms with van der Waals surface area (Å²) in [5.41, 5.74) is 9.04. The summed E-state index contributed by atoms with van der Waals surface area (Å²) in [7, 11) is 0. The molecule has 2 aromatic rings. The first-order valence-electron chi connectivity index (χ1n) is 7.41. The number of nitrogens with one attached hydrogen (secondary N) is 1. The quantitative estimate of drug-likeness (QED) is 0.593. The highest BCUT2D eigenvalue weighted by atomic mass is 16.5. The van der Waals surface area contributed by atoms with Crippen molar-refractivity contribution in [1.82, 2.24) is 14.6 Å². The van der Waals surface area contributed by atoms with Gasteiger partial charge in [-0.25, -0.2) is 9.50 Å². The Morgan fingerprint density at radius 1 is 1.52 bits per heavy atom. The van der Waals surface area contributed by atoms with E-state index in [2.05, 4.69) is 28.6 Å². The van der Waals surface area contributed by atoms with Gasteiger partial charge in [-0.05, 0) is 12.5 Å². The van der Waals surface area contributed by atoms with Crippen LogP contribution in [0.5, 0.6) is 0 Å². The van der Waals surface area contributed by atoms with E-state index in [0.717, 1.165) is 16.7 Å². The van der Waals surface area contributed by atoms with Crippen LogP contribution in [0.3, 0.4) is 0 Å². The van der Waals surface area contributed by atoms with Crippen LogP contribution in [-0.2, 0) is 9.53 Å². The van der Waals surface area contributed by atoms with Gasteiger partial charge in [0.1, 0.15) is 18.5 Å². The lowest BCUT2D eigenvalue weighted by Gasteiger charge is -2.20. The van der Waals surface area contributed by atoms with E-state index in [1.807, 2.05) is 6.92 Å². The molecule has 3 N–H and O–H groups in total. The Morgan fingerprint density at radius 3 is 2.84 bits per heavy atom. The minimum atomic E-state index is -0.361. The summed E-state index contributed by atoms with van der Waals surface area (Å²) in [6.45, 7) is 10.9. The number of nitrogens with two attached hydrogens (primary N) is 1. The predicted octanol–water partition coefficient (Wildman–Crippen LogP) is 2.90. The van der Waals surface area contributed by atoms with E-state index in [1.54, 1.807) is 28.9 Å². The van der Waals surface area contributed by atoms with Crippen molar-refractivity contribution in [3.63, 3.8) is 0 Å². The third-order valence-electron chi connectivity index (χ3n) is 3.58. The molecule has 0 saturated heterocycles. The van der Waals surface area contributed by atoms with Crippen molar-refractivity contribution in [2.75, 3.05) is 17.7 Å². The topological polar surface area (TPSA) is 94.5 Å². The molecule has 7 heteroatoms. The number of ether oxygens (including phenoxy) is 1. The van der Waals surface area contributed by atoms with Gasteiger partial charge in [0, 0.05) is 12.5 Å². The van der Waals surface area contributed by atoms with Crippen molar-refractivity contribution >= 4 is 23.0 Å². The fourth-order valence-corrected chi connectivity index (χ4v) is 2.33. The third kappa shape index (κ3) is 4.47. The lowest BCUT2D eigenvalue weighted by Crippen LogP contribution is -2.29. The van der Waals surface area contributed by atoms with Gasteiger partial charge in [0.25, 0.3) is 0 Å². The van der Waals surface area contributed by atoms with Gasteiger partial charge in [-0.2, -0.15) is 5.10 Å². The number of carbonyl (C=O) groups excluding carboxylic acids is 1. The van der Waals surface area contributed by atoms with Gasteiger partial charge >= 0.3 is 5.97 Å². The van der Waals surface area contributed by atoms with Crippen molar-refractivity contribution in [2.45, 2.75) is 27.3 Å². The van der Waals surface area contributed by atoms with E-state index < -0.39 is 0 Å². The number of nitrogen functional groups attached to an aromatic ring is 1.